The van der Waals surface area contributed by atoms with E-state index in [1.165, 1.54) is 13.8 Å². The second-order valence-electron chi connectivity index (χ2n) is 20.7. The van der Waals surface area contributed by atoms with Crippen LogP contribution >= 0.6 is 8.22 Å². The lowest BCUT2D eigenvalue weighted by molar-refractivity contribution is -0.247. The normalized spacial score (nSPS) is 18.4. The van der Waals surface area contributed by atoms with Gasteiger partial charge in [0.2, 0.25) is 11.9 Å². The number of rotatable bonds is 38. The number of nitrogens with zero attached hydrogens (tertiary/aromatic N) is 3. The fraction of sp³-hybridized carbons (Fsp3) is 0.565. The van der Waals surface area contributed by atoms with Gasteiger partial charge < -0.3 is 52.7 Å². The van der Waals surface area contributed by atoms with E-state index < -0.39 is 26.1 Å². The molecule has 7 unspecified atom stereocenters. The lowest BCUT2D eigenvalue weighted by Gasteiger charge is -2.44. The number of Topliss-reactive ketones (excluding diaryl/α,β-unsaturated/α-hetero) is 1. The Morgan fingerprint density at radius 3 is 1.81 bits per heavy atom. The number of nitrogens with one attached hydrogen (secondary N) is 1. The predicted molar refractivity (Wildman–Crippen MR) is 312 cm³/mol. The second kappa shape index (κ2) is 35.2. The summed E-state index contributed by atoms with van der Waals surface area (Å²) in [6.07, 6.45) is 2.18. The van der Waals surface area contributed by atoms with Crippen molar-refractivity contribution in [2.24, 2.45) is 17.8 Å². The molecule has 1 aliphatic rings. The molecule has 18 heteroatoms. The minimum absolute atomic E-state index is 0.00361. The summed E-state index contributed by atoms with van der Waals surface area (Å²) in [5.41, 5.74) is 2.53. The molecule has 0 bridgehead atoms. The molecule has 4 aromatic rings. The van der Waals surface area contributed by atoms with Crippen LogP contribution in [0.4, 0.5) is 0 Å². The van der Waals surface area contributed by atoms with Crippen LogP contribution in [0.1, 0.15) is 87.4 Å². The van der Waals surface area contributed by atoms with Crippen LogP contribution in [0.5, 0.6) is 11.5 Å². The lowest BCUT2D eigenvalue weighted by atomic mass is 9.79. The fourth-order valence-corrected chi connectivity index (χ4v) is 11.8. The van der Waals surface area contributed by atoms with Crippen LogP contribution in [-0.2, 0) is 53.1 Å². The van der Waals surface area contributed by atoms with Crippen molar-refractivity contribution in [3.05, 3.63) is 131 Å². The van der Waals surface area contributed by atoms with Gasteiger partial charge in [-0.25, -0.2) is 0 Å². The smallest absolute Gasteiger partial charge is 0.302 e. The van der Waals surface area contributed by atoms with Gasteiger partial charge in [-0.3, -0.25) is 28.6 Å². The van der Waals surface area contributed by atoms with Crippen molar-refractivity contribution in [1.82, 2.24) is 19.6 Å². The number of ketones is 1. The van der Waals surface area contributed by atoms with E-state index in [0.29, 0.717) is 58.3 Å². The highest BCUT2D eigenvalue weighted by Crippen LogP contribution is 2.47. The molecular formula is C62H91N4O13P. The van der Waals surface area contributed by atoms with Crippen LogP contribution < -0.4 is 14.8 Å². The molecular weight excluding hydrogens is 1040 g/mol. The summed E-state index contributed by atoms with van der Waals surface area (Å²) in [5.74, 6) is 0.928. The molecule has 7 atom stereocenters. The molecule has 0 spiro atoms. The van der Waals surface area contributed by atoms with Crippen LogP contribution in [0.3, 0.4) is 0 Å². The van der Waals surface area contributed by atoms with Gasteiger partial charge in [-0.15, -0.1) is 0 Å². The van der Waals surface area contributed by atoms with Gasteiger partial charge in [-0.2, -0.15) is 0 Å². The van der Waals surface area contributed by atoms with Gasteiger partial charge in [-0.1, -0.05) is 112 Å². The molecule has 1 fully saturated rings. The first-order valence-electron chi connectivity index (χ1n) is 28.1. The Balaban J connectivity index is 1.27. The van der Waals surface area contributed by atoms with Crippen molar-refractivity contribution in [3.63, 3.8) is 0 Å². The van der Waals surface area contributed by atoms with E-state index in [2.05, 4.69) is 91.1 Å². The van der Waals surface area contributed by atoms with Crippen molar-refractivity contribution >= 4 is 25.9 Å². The molecule has 5 rings (SSSR count). The number of benzene rings is 4. The number of ether oxygens (including phenoxy) is 10. The van der Waals surface area contributed by atoms with Crippen molar-refractivity contribution < 1.29 is 61.8 Å². The predicted octanol–water partition coefficient (Wildman–Crippen LogP) is 9.26. The SMILES string of the molecule is CCCOC(OCC(CCCCN(CCOCCOCCOC1OC(COC(C)=O)C(C)C(C)C1NC(C)=O)CC(=O)c1ccccc1)COC(c1ccccc1)(c1ccc(OC)cc1)c1ccc(OC)cc1)P(N(C)C)N(C)C. The average Bonchev–Trinajstić information content (AvgIpc) is 3.48. The Kier molecular flexibility index (Phi) is 29.0. The maximum absolute atomic E-state index is 13.7. The molecule has 17 nitrogen and oxygen atoms in total. The standard InChI is InChI=1S/C62H91N4O13P/c1-12-36-75-61(80(64(6)7)65(8)9)77-43-50(44-78-62(52-24-17-14-18-25-52,53-26-30-55(70-10)31-27-53)54-28-32-56(71-11)33-29-54)21-19-20-34-66(42-57(69)51-22-15-13-16-23-51)35-37-72-38-39-73-40-41-74-60-59(63-48(4)67)47(3)46(2)58(79-60)45-76-49(5)68/h13-18,22-33,46-47,50,58-61H,12,19-21,34-45H2,1-11H3,(H,63,67). The van der Waals surface area contributed by atoms with Gasteiger partial charge in [0.25, 0.3) is 0 Å². The molecule has 1 amide bonds. The summed E-state index contributed by atoms with van der Waals surface area (Å²) in [5, 5.41) is 2.97. The van der Waals surface area contributed by atoms with Crippen LogP contribution in [0, 0.1) is 17.8 Å². The van der Waals surface area contributed by atoms with Crippen LogP contribution in [0.25, 0.3) is 0 Å². The molecule has 0 aromatic heterocycles. The Labute approximate surface area is 478 Å². The van der Waals surface area contributed by atoms with Crippen molar-refractivity contribution in [1.29, 1.82) is 0 Å². The molecule has 0 saturated carbocycles. The number of unbranched alkanes of at least 4 members (excludes halogenated alkanes) is 1. The summed E-state index contributed by atoms with van der Waals surface area (Å²) < 4.78 is 65.9. The number of amides is 1. The van der Waals surface area contributed by atoms with Crippen molar-refractivity contribution in [2.45, 2.75) is 90.4 Å². The van der Waals surface area contributed by atoms with E-state index in [-0.39, 0.29) is 73.9 Å². The molecule has 1 aliphatic heterocycles. The monoisotopic (exact) mass is 1130 g/mol. The number of carbonyl (C=O) groups is 3. The lowest BCUT2D eigenvalue weighted by Crippen LogP contribution is -2.58. The fourth-order valence-electron chi connectivity index (χ4n) is 9.84. The van der Waals surface area contributed by atoms with E-state index in [1.807, 2.05) is 86.6 Å². The number of methoxy groups -OCH3 is 2. The number of hydrogen-bond acceptors (Lipinski definition) is 16. The quantitative estimate of drug-likeness (QED) is 0.0113. The Bertz CT molecular complexity index is 2310. The zero-order chi connectivity index (χ0) is 57.9. The number of esters is 1. The van der Waals surface area contributed by atoms with E-state index in [1.54, 1.807) is 14.2 Å². The Morgan fingerprint density at radius 2 is 1.25 bits per heavy atom. The van der Waals surface area contributed by atoms with Crippen molar-refractivity contribution in [3.8, 4) is 11.5 Å². The molecule has 442 valence electrons. The highest BCUT2D eigenvalue weighted by atomic mass is 31.1. The summed E-state index contributed by atoms with van der Waals surface area (Å²) in [6, 6.07) is 35.1. The average molecular weight is 1130 g/mol. The highest BCUT2D eigenvalue weighted by Gasteiger charge is 2.43. The minimum Gasteiger partial charge on any atom is -0.497 e. The number of hydrogen-bond donors (Lipinski definition) is 1. The topological polar surface area (TPSA) is 165 Å². The maximum Gasteiger partial charge on any atom is 0.302 e. The summed E-state index contributed by atoms with van der Waals surface area (Å²) in [6.45, 7) is 13.4. The van der Waals surface area contributed by atoms with Gasteiger partial charge in [0.1, 0.15) is 23.7 Å². The zero-order valence-electron chi connectivity index (χ0n) is 49.3. The number of carbonyl (C=O) groups excluding carboxylic acids is 3. The second-order valence-corrected chi connectivity index (χ2v) is 23.3. The first-order chi connectivity index (χ1) is 38.6. The molecule has 1 heterocycles. The van der Waals surface area contributed by atoms with Crippen LogP contribution in [-0.4, -0.2) is 178 Å². The van der Waals surface area contributed by atoms with E-state index >= 15 is 0 Å². The van der Waals surface area contributed by atoms with Gasteiger partial charge in [0.05, 0.1) is 87.4 Å². The minimum atomic E-state index is -1.01. The van der Waals surface area contributed by atoms with Crippen LogP contribution in [0.2, 0.25) is 0 Å². The van der Waals surface area contributed by atoms with E-state index in [4.69, 9.17) is 47.4 Å². The van der Waals surface area contributed by atoms with Gasteiger partial charge >= 0.3 is 5.97 Å². The molecule has 1 N–H and O–H groups in total. The highest BCUT2D eigenvalue weighted by molar-refractivity contribution is 7.52. The Hall–Kier alpha value is -4.88. The van der Waals surface area contributed by atoms with Gasteiger partial charge in [0, 0.05) is 38.5 Å². The summed E-state index contributed by atoms with van der Waals surface area (Å²) >= 11 is 0. The largest absolute Gasteiger partial charge is 0.497 e. The zero-order valence-corrected chi connectivity index (χ0v) is 50.2. The molecule has 1 saturated heterocycles. The summed E-state index contributed by atoms with van der Waals surface area (Å²) in [7, 11) is 10.6. The van der Waals surface area contributed by atoms with Crippen molar-refractivity contribution in [2.75, 3.05) is 122 Å². The molecule has 4 aromatic carbocycles. The van der Waals surface area contributed by atoms with Gasteiger partial charge in [0.15, 0.2) is 12.1 Å². The molecule has 0 radical (unpaired) electrons. The third kappa shape index (κ3) is 20.5. The molecule has 80 heavy (non-hydrogen) atoms. The molecule has 0 aliphatic carbocycles. The first-order valence-corrected chi connectivity index (χ1v) is 29.4. The maximum atomic E-state index is 13.7. The van der Waals surface area contributed by atoms with Crippen LogP contribution in [0.15, 0.2) is 109 Å². The summed E-state index contributed by atoms with van der Waals surface area (Å²) in [4.78, 5) is 39.5. The van der Waals surface area contributed by atoms with E-state index in [0.717, 1.165) is 53.9 Å². The third-order valence-electron chi connectivity index (χ3n) is 14.3. The Morgan fingerprint density at radius 1 is 0.675 bits per heavy atom. The first kappa shape index (κ1) is 65.9. The van der Waals surface area contributed by atoms with E-state index in [9.17, 15) is 14.4 Å². The van der Waals surface area contributed by atoms with Gasteiger partial charge in [-0.05, 0) is 107 Å². The third-order valence-corrected chi connectivity index (χ3v) is 16.6.